The molecule has 0 aliphatic heterocycles. The third kappa shape index (κ3) is 2.05. The second kappa shape index (κ2) is 3.30. The molecule has 0 saturated heterocycles. The van der Waals surface area contributed by atoms with Gasteiger partial charge in [-0.3, -0.25) is 14.9 Å². The van der Waals surface area contributed by atoms with Crippen molar-refractivity contribution in [2.24, 2.45) is 11.5 Å². The molecule has 0 aromatic carbocycles. The minimum atomic E-state index is -1.11. The van der Waals surface area contributed by atoms with Crippen LogP contribution in [0.1, 0.15) is 0 Å². The summed E-state index contributed by atoms with van der Waals surface area (Å²) in [6, 6.07) is 0. The van der Waals surface area contributed by atoms with E-state index in [0.29, 0.717) is 6.21 Å². The van der Waals surface area contributed by atoms with Crippen molar-refractivity contribution < 1.29 is 9.72 Å². The van der Waals surface area contributed by atoms with Crippen molar-refractivity contribution in [3.05, 3.63) is 21.5 Å². The zero-order chi connectivity index (χ0) is 9.02. The Labute approximate surface area is 61.3 Å². The lowest BCUT2D eigenvalue weighted by molar-refractivity contribution is -0.415. The zero-order valence-corrected chi connectivity index (χ0v) is 5.40. The fourth-order valence-electron chi connectivity index (χ4n) is 0.355. The number of rotatable bonds is 3. The molecule has 60 valence electrons. The largest absolute Gasteiger partial charge is 0.389 e. The van der Waals surface area contributed by atoms with Crippen LogP contribution >= 0.6 is 0 Å². The fraction of sp³-hybridized carbons (Fsp3) is 0. The molecule has 7 nitrogen and oxygen atoms in total. The standard InChI is InChI=1S/C4H6N4O3/c5-1-2(8(10)11)3(6)4(7)9/h1,5H,6H2,(H2,7,9). The Bertz CT molecular complexity index is 244. The van der Waals surface area contributed by atoms with Gasteiger partial charge >= 0.3 is 5.70 Å². The fourth-order valence-corrected chi connectivity index (χ4v) is 0.355. The molecule has 1 amide bonds. The van der Waals surface area contributed by atoms with Gasteiger partial charge < -0.3 is 16.9 Å². The zero-order valence-electron chi connectivity index (χ0n) is 5.40. The van der Waals surface area contributed by atoms with E-state index in [-0.39, 0.29) is 0 Å². The first-order valence-corrected chi connectivity index (χ1v) is 2.45. The summed E-state index contributed by atoms with van der Waals surface area (Å²) in [5, 5.41) is 16.5. The van der Waals surface area contributed by atoms with Crippen molar-refractivity contribution in [1.82, 2.24) is 0 Å². The molecule has 0 fully saturated rings. The number of carbonyl (C=O) groups excluding carboxylic acids is 1. The number of primary amides is 1. The van der Waals surface area contributed by atoms with E-state index in [1.54, 1.807) is 0 Å². The predicted octanol–water partition coefficient (Wildman–Crippen LogP) is -1.43. The summed E-state index contributed by atoms with van der Waals surface area (Å²) in [6.45, 7) is 0. The van der Waals surface area contributed by atoms with E-state index in [9.17, 15) is 14.9 Å². The Morgan fingerprint density at radius 2 is 2.00 bits per heavy atom. The highest BCUT2D eigenvalue weighted by molar-refractivity contribution is 5.96. The van der Waals surface area contributed by atoms with Crippen molar-refractivity contribution in [2.45, 2.75) is 0 Å². The average Bonchev–Trinajstić information content (AvgIpc) is 1.88. The topological polar surface area (TPSA) is 136 Å². The molecule has 7 heteroatoms. The lowest BCUT2D eigenvalue weighted by Crippen LogP contribution is -2.24. The SMILES string of the molecule is N=CC(=C(N)C(N)=O)[N+](=O)[O-]. The van der Waals surface area contributed by atoms with Gasteiger partial charge in [-0.1, -0.05) is 0 Å². The first kappa shape index (κ1) is 9.08. The van der Waals surface area contributed by atoms with E-state index in [2.05, 4.69) is 5.73 Å². The molecule has 0 aromatic heterocycles. The van der Waals surface area contributed by atoms with Gasteiger partial charge in [-0.15, -0.1) is 0 Å². The van der Waals surface area contributed by atoms with E-state index in [1.807, 2.05) is 0 Å². The maximum atomic E-state index is 10.2. The highest BCUT2D eigenvalue weighted by atomic mass is 16.6. The van der Waals surface area contributed by atoms with Gasteiger partial charge in [0, 0.05) is 0 Å². The molecular formula is C4H6N4O3. The quantitative estimate of drug-likeness (QED) is 0.200. The summed E-state index contributed by atoms with van der Waals surface area (Å²) in [7, 11) is 0. The number of nitrogens with zero attached hydrogens (tertiary/aromatic N) is 1. The maximum Gasteiger partial charge on any atom is 0.315 e. The number of allylic oxidation sites excluding steroid dienone is 1. The van der Waals surface area contributed by atoms with Gasteiger partial charge in [-0.05, 0) is 0 Å². The van der Waals surface area contributed by atoms with Crippen LogP contribution in [0.25, 0.3) is 0 Å². The molecule has 0 spiro atoms. The second-order valence-corrected chi connectivity index (χ2v) is 1.56. The van der Waals surface area contributed by atoms with Gasteiger partial charge in [0.2, 0.25) is 0 Å². The Kier molecular flexibility index (Phi) is 2.72. The molecule has 0 aliphatic rings. The van der Waals surface area contributed by atoms with Gasteiger partial charge in [0.15, 0.2) is 5.70 Å². The van der Waals surface area contributed by atoms with Crippen LogP contribution in [0.2, 0.25) is 0 Å². The summed E-state index contributed by atoms with van der Waals surface area (Å²) in [5.74, 6) is -1.11. The molecule has 0 heterocycles. The molecule has 0 bridgehead atoms. The molecule has 0 aromatic rings. The highest BCUT2D eigenvalue weighted by Crippen LogP contribution is 1.94. The summed E-state index contributed by atoms with van der Waals surface area (Å²) < 4.78 is 0. The molecule has 0 aliphatic carbocycles. The number of nitro groups is 1. The lowest BCUT2D eigenvalue weighted by Gasteiger charge is -1.93. The van der Waals surface area contributed by atoms with Crippen LogP contribution < -0.4 is 11.5 Å². The Balaban J connectivity index is 4.99. The number of hydrogen-bond donors (Lipinski definition) is 3. The van der Waals surface area contributed by atoms with E-state index >= 15 is 0 Å². The van der Waals surface area contributed by atoms with Gasteiger partial charge in [0.05, 0.1) is 11.1 Å². The monoisotopic (exact) mass is 158 g/mol. The van der Waals surface area contributed by atoms with Gasteiger partial charge in [0.1, 0.15) is 0 Å². The second-order valence-electron chi connectivity index (χ2n) is 1.56. The van der Waals surface area contributed by atoms with Crippen molar-refractivity contribution in [1.29, 1.82) is 5.41 Å². The van der Waals surface area contributed by atoms with Crippen LogP contribution in [-0.4, -0.2) is 17.0 Å². The minimum Gasteiger partial charge on any atom is -0.389 e. The van der Waals surface area contributed by atoms with Crippen molar-refractivity contribution in [3.8, 4) is 0 Å². The highest BCUT2D eigenvalue weighted by Gasteiger charge is 2.16. The molecule has 0 radical (unpaired) electrons. The average molecular weight is 158 g/mol. The molecule has 0 atom stereocenters. The van der Waals surface area contributed by atoms with Crippen LogP contribution in [-0.2, 0) is 4.79 Å². The minimum absolute atomic E-state index is 0.361. The maximum absolute atomic E-state index is 10.2. The first-order valence-electron chi connectivity index (χ1n) is 2.45. The summed E-state index contributed by atoms with van der Waals surface area (Å²) in [4.78, 5) is 19.3. The third-order valence-corrected chi connectivity index (χ3v) is 0.875. The molecule has 11 heavy (non-hydrogen) atoms. The number of amides is 1. The number of nitrogens with two attached hydrogens (primary N) is 2. The van der Waals surface area contributed by atoms with Crippen molar-refractivity contribution >= 4 is 12.1 Å². The molecule has 0 saturated carbocycles. The number of hydrogen-bond acceptors (Lipinski definition) is 5. The predicted molar refractivity (Wildman–Crippen MR) is 36.2 cm³/mol. The Morgan fingerprint density at radius 1 is 1.55 bits per heavy atom. The van der Waals surface area contributed by atoms with Crippen LogP contribution in [0, 0.1) is 15.5 Å². The summed E-state index contributed by atoms with van der Waals surface area (Å²) >= 11 is 0. The normalized spacial score (nSPS) is 11.6. The molecule has 0 rings (SSSR count). The van der Waals surface area contributed by atoms with Gasteiger partial charge in [-0.2, -0.15) is 0 Å². The third-order valence-electron chi connectivity index (χ3n) is 0.875. The number of nitrogens with one attached hydrogen (secondary N) is 1. The van der Waals surface area contributed by atoms with E-state index in [1.165, 1.54) is 0 Å². The van der Waals surface area contributed by atoms with E-state index in [4.69, 9.17) is 11.1 Å². The van der Waals surface area contributed by atoms with Crippen molar-refractivity contribution in [3.63, 3.8) is 0 Å². The molecule has 0 unspecified atom stereocenters. The van der Waals surface area contributed by atoms with E-state index < -0.39 is 22.2 Å². The Hall–Kier alpha value is -1.92. The van der Waals surface area contributed by atoms with Crippen LogP contribution in [0.4, 0.5) is 0 Å². The van der Waals surface area contributed by atoms with Crippen LogP contribution in [0.3, 0.4) is 0 Å². The van der Waals surface area contributed by atoms with Gasteiger partial charge in [-0.25, -0.2) is 0 Å². The van der Waals surface area contributed by atoms with Crippen LogP contribution in [0.15, 0.2) is 11.4 Å². The van der Waals surface area contributed by atoms with Gasteiger partial charge in [0.25, 0.3) is 5.91 Å². The van der Waals surface area contributed by atoms with Crippen molar-refractivity contribution in [2.75, 3.05) is 0 Å². The summed E-state index contributed by atoms with van der Waals surface area (Å²) in [6.07, 6.45) is 0.361. The molecule has 5 N–H and O–H groups in total. The Morgan fingerprint density at radius 3 is 2.09 bits per heavy atom. The van der Waals surface area contributed by atoms with E-state index in [0.717, 1.165) is 0 Å². The lowest BCUT2D eigenvalue weighted by atomic mass is 10.3. The smallest absolute Gasteiger partial charge is 0.315 e. The van der Waals surface area contributed by atoms with Crippen LogP contribution in [0.5, 0.6) is 0 Å². The molecular weight excluding hydrogens is 152 g/mol. The summed E-state index contributed by atoms with van der Waals surface area (Å²) in [5.41, 5.74) is 7.99. The number of carbonyl (C=O) groups is 1. The first-order chi connectivity index (χ1) is 5.00.